The molecular formula is C12H13ClF3N3O5. The normalized spacial score (nSPS) is 17.0. The number of halogens is 4. The fourth-order valence-corrected chi connectivity index (χ4v) is 2.03. The minimum atomic E-state index is -5.08. The van der Waals surface area contributed by atoms with Crippen molar-refractivity contribution in [1.82, 2.24) is 9.97 Å². The van der Waals surface area contributed by atoms with E-state index in [4.69, 9.17) is 31.3 Å². The van der Waals surface area contributed by atoms with Crippen LogP contribution < -0.4 is 9.64 Å². The summed E-state index contributed by atoms with van der Waals surface area (Å²) >= 11 is 5.99. The van der Waals surface area contributed by atoms with Gasteiger partial charge in [0.1, 0.15) is 5.02 Å². The molecule has 1 aliphatic rings. The minimum Gasteiger partial charge on any atom is -0.481 e. The Morgan fingerprint density at radius 1 is 1.42 bits per heavy atom. The molecule has 0 bridgehead atoms. The first kappa shape index (κ1) is 19.7. The van der Waals surface area contributed by atoms with Crippen molar-refractivity contribution in [3.8, 4) is 6.01 Å². The summed E-state index contributed by atoms with van der Waals surface area (Å²) in [6.07, 6.45) is -3.03. The molecule has 2 N–H and O–H groups in total. The van der Waals surface area contributed by atoms with Crippen molar-refractivity contribution in [2.24, 2.45) is 5.92 Å². The van der Waals surface area contributed by atoms with Crippen LogP contribution in [0.25, 0.3) is 0 Å². The Hall–Kier alpha value is -2.30. The summed E-state index contributed by atoms with van der Waals surface area (Å²) in [5.41, 5.74) is 0. The highest BCUT2D eigenvalue weighted by molar-refractivity contribution is 6.32. The van der Waals surface area contributed by atoms with Crippen molar-refractivity contribution in [2.45, 2.75) is 12.6 Å². The molecule has 8 nitrogen and oxygen atoms in total. The fourth-order valence-electron chi connectivity index (χ4n) is 1.82. The van der Waals surface area contributed by atoms with Gasteiger partial charge in [0.2, 0.25) is 0 Å². The van der Waals surface area contributed by atoms with Crippen molar-refractivity contribution < 1.29 is 37.7 Å². The second-order valence-electron chi connectivity index (χ2n) is 4.60. The van der Waals surface area contributed by atoms with Gasteiger partial charge in [0.25, 0.3) is 0 Å². The van der Waals surface area contributed by atoms with Crippen LogP contribution in [0.4, 0.5) is 19.0 Å². The Bertz CT molecular complexity index is 614. The van der Waals surface area contributed by atoms with Gasteiger partial charge in [0.05, 0.1) is 19.2 Å². The van der Waals surface area contributed by atoms with Gasteiger partial charge in [-0.1, -0.05) is 11.6 Å². The van der Waals surface area contributed by atoms with Crippen LogP contribution in [0, 0.1) is 5.92 Å². The summed E-state index contributed by atoms with van der Waals surface area (Å²) < 4.78 is 36.7. The summed E-state index contributed by atoms with van der Waals surface area (Å²) in [7, 11) is 1.47. The maximum absolute atomic E-state index is 10.9. The summed E-state index contributed by atoms with van der Waals surface area (Å²) in [4.78, 5) is 29.6. The monoisotopic (exact) mass is 371 g/mol. The van der Waals surface area contributed by atoms with E-state index in [0.717, 1.165) is 0 Å². The lowest BCUT2D eigenvalue weighted by atomic mass is 10.1. The molecule has 24 heavy (non-hydrogen) atoms. The van der Waals surface area contributed by atoms with Crippen molar-refractivity contribution >= 4 is 29.4 Å². The van der Waals surface area contributed by atoms with Gasteiger partial charge in [-0.25, -0.2) is 9.78 Å². The van der Waals surface area contributed by atoms with E-state index in [1.165, 1.54) is 13.3 Å². The quantitative estimate of drug-likeness (QED) is 0.825. The van der Waals surface area contributed by atoms with Crippen molar-refractivity contribution in [3.05, 3.63) is 11.2 Å². The van der Waals surface area contributed by atoms with Crippen LogP contribution in [0.5, 0.6) is 6.01 Å². The third kappa shape index (κ3) is 5.41. The largest absolute Gasteiger partial charge is 0.490 e. The van der Waals surface area contributed by atoms with Gasteiger partial charge in [-0.05, 0) is 6.42 Å². The third-order valence-corrected chi connectivity index (χ3v) is 3.23. The lowest BCUT2D eigenvalue weighted by Crippen LogP contribution is -2.24. The standard InChI is InChI=1S/C10H12ClN3O3.C2HF3O2/c1-17-10-12-4-7(11)8(13-10)14-3-2-6(5-14)9(15)16;3-2(4,5)1(6)7/h4,6H,2-3,5H2,1H3,(H,15,16);(H,6,7). The number of carbonyl (C=O) groups is 2. The molecule has 0 spiro atoms. The van der Waals surface area contributed by atoms with E-state index in [9.17, 15) is 18.0 Å². The number of aliphatic carboxylic acids is 2. The average molecular weight is 372 g/mol. The summed E-state index contributed by atoms with van der Waals surface area (Å²) in [5.74, 6) is -3.38. The number of hydrogen-bond donors (Lipinski definition) is 2. The van der Waals surface area contributed by atoms with Crippen LogP contribution in [0.3, 0.4) is 0 Å². The maximum Gasteiger partial charge on any atom is 0.490 e. The number of hydrogen-bond acceptors (Lipinski definition) is 6. The molecule has 1 fully saturated rings. The third-order valence-electron chi connectivity index (χ3n) is 2.97. The molecule has 0 aliphatic carbocycles. The summed E-state index contributed by atoms with van der Waals surface area (Å²) in [5, 5.41) is 16.5. The summed E-state index contributed by atoms with van der Waals surface area (Å²) in [6.45, 7) is 1.03. The Labute approximate surface area is 138 Å². The molecule has 1 saturated heterocycles. The van der Waals surface area contributed by atoms with Crippen molar-refractivity contribution in [1.29, 1.82) is 0 Å². The fraction of sp³-hybridized carbons (Fsp3) is 0.500. The molecule has 1 aliphatic heterocycles. The number of carboxylic acids is 2. The molecule has 0 radical (unpaired) electrons. The number of carboxylic acid groups (broad SMARTS) is 2. The highest BCUT2D eigenvalue weighted by Crippen LogP contribution is 2.29. The zero-order valence-corrected chi connectivity index (χ0v) is 13.0. The van der Waals surface area contributed by atoms with Gasteiger partial charge in [-0.15, -0.1) is 0 Å². The Kier molecular flexibility index (Phi) is 6.58. The molecule has 1 aromatic heterocycles. The van der Waals surface area contributed by atoms with E-state index in [0.29, 0.717) is 30.4 Å². The van der Waals surface area contributed by atoms with Gasteiger partial charge in [0.15, 0.2) is 5.82 Å². The maximum atomic E-state index is 10.9. The molecule has 1 atom stereocenters. The van der Waals surface area contributed by atoms with Gasteiger partial charge in [0, 0.05) is 13.1 Å². The Morgan fingerprint density at radius 2 is 2.00 bits per heavy atom. The highest BCUT2D eigenvalue weighted by atomic mass is 35.5. The average Bonchev–Trinajstić information content (AvgIpc) is 2.97. The van der Waals surface area contributed by atoms with E-state index in [1.807, 2.05) is 4.90 Å². The van der Waals surface area contributed by atoms with Crippen LogP contribution in [0.2, 0.25) is 5.02 Å². The Balaban J connectivity index is 0.000000351. The van der Waals surface area contributed by atoms with Crippen LogP contribution in [0.1, 0.15) is 6.42 Å². The van der Waals surface area contributed by atoms with Gasteiger partial charge < -0.3 is 19.8 Å². The topological polar surface area (TPSA) is 113 Å². The van der Waals surface area contributed by atoms with Gasteiger partial charge >= 0.3 is 24.1 Å². The highest BCUT2D eigenvalue weighted by Gasteiger charge is 2.38. The number of nitrogens with zero attached hydrogens (tertiary/aromatic N) is 3. The van der Waals surface area contributed by atoms with Crippen LogP contribution in [-0.2, 0) is 9.59 Å². The van der Waals surface area contributed by atoms with E-state index >= 15 is 0 Å². The summed E-state index contributed by atoms with van der Waals surface area (Å²) in [6, 6.07) is 0.225. The second-order valence-corrected chi connectivity index (χ2v) is 5.01. The number of alkyl halides is 3. The van der Waals surface area contributed by atoms with Crippen molar-refractivity contribution in [2.75, 3.05) is 25.1 Å². The first-order chi connectivity index (χ1) is 11.1. The zero-order chi connectivity index (χ0) is 18.5. The molecule has 2 rings (SSSR count). The number of anilines is 1. The molecule has 2 heterocycles. The molecule has 0 saturated carbocycles. The molecule has 1 unspecified atom stereocenters. The second kappa shape index (κ2) is 7.99. The Morgan fingerprint density at radius 3 is 2.42 bits per heavy atom. The van der Waals surface area contributed by atoms with Crippen molar-refractivity contribution in [3.63, 3.8) is 0 Å². The smallest absolute Gasteiger partial charge is 0.481 e. The molecule has 12 heteroatoms. The lowest BCUT2D eigenvalue weighted by molar-refractivity contribution is -0.192. The predicted octanol–water partition coefficient (Wildman–Crippen LogP) is 1.68. The number of methoxy groups -OCH3 is 1. The minimum absolute atomic E-state index is 0.225. The molecule has 0 aromatic carbocycles. The molecule has 1 aromatic rings. The van der Waals surface area contributed by atoms with E-state index in [1.54, 1.807) is 0 Å². The number of aromatic nitrogens is 2. The first-order valence-electron chi connectivity index (χ1n) is 6.40. The number of ether oxygens (including phenoxy) is 1. The molecule has 0 amide bonds. The van der Waals surface area contributed by atoms with Crippen LogP contribution in [-0.4, -0.2) is 58.5 Å². The SMILES string of the molecule is COc1ncc(Cl)c(N2CCC(C(=O)O)C2)n1.O=C(O)C(F)(F)F. The number of rotatable bonds is 3. The van der Waals surface area contributed by atoms with Crippen LogP contribution in [0.15, 0.2) is 6.20 Å². The van der Waals surface area contributed by atoms with Gasteiger partial charge in [-0.2, -0.15) is 18.2 Å². The lowest BCUT2D eigenvalue weighted by Gasteiger charge is -2.18. The molecule has 134 valence electrons. The first-order valence-corrected chi connectivity index (χ1v) is 6.78. The van der Waals surface area contributed by atoms with Crippen LogP contribution >= 0.6 is 11.6 Å². The molecular weight excluding hydrogens is 359 g/mol. The van der Waals surface area contributed by atoms with E-state index in [-0.39, 0.29) is 11.9 Å². The zero-order valence-electron chi connectivity index (χ0n) is 12.2. The van der Waals surface area contributed by atoms with Gasteiger partial charge in [-0.3, -0.25) is 4.79 Å². The van der Waals surface area contributed by atoms with E-state index < -0.39 is 18.1 Å². The van der Waals surface area contributed by atoms with E-state index in [2.05, 4.69) is 9.97 Å². The predicted molar refractivity (Wildman–Crippen MR) is 75.2 cm³/mol.